The van der Waals surface area contributed by atoms with Crippen molar-refractivity contribution in [1.29, 1.82) is 0 Å². The van der Waals surface area contributed by atoms with Crippen LogP contribution in [0.15, 0.2) is 99.0 Å². The SMILES string of the molecule is Brc1ccc(C2Oc3ccc(Br)cc3C3CC(c4ccc5ccccc5c4)=NN32)cc1. The maximum atomic E-state index is 6.46. The van der Waals surface area contributed by atoms with Crippen molar-refractivity contribution in [2.75, 3.05) is 0 Å². The molecule has 31 heavy (non-hydrogen) atoms. The first kappa shape index (κ1) is 19.1. The Labute approximate surface area is 197 Å². The lowest BCUT2D eigenvalue weighted by atomic mass is 9.95. The summed E-state index contributed by atoms with van der Waals surface area (Å²) in [6, 6.07) is 29.7. The molecular weight excluding hydrogens is 516 g/mol. The molecule has 0 radical (unpaired) electrons. The fourth-order valence-electron chi connectivity index (χ4n) is 4.45. The Kier molecular flexibility index (Phi) is 4.62. The number of nitrogens with zero attached hydrogens (tertiary/aromatic N) is 2. The second kappa shape index (κ2) is 7.50. The topological polar surface area (TPSA) is 24.8 Å². The second-order valence-corrected chi connectivity index (χ2v) is 9.74. The summed E-state index contributed by atoms with van der Waals surface area (Å²) in [4.78, 5) is 0. The van der Waals surface area contributed by atoms with Crippen LogP contribution in [0.4, 0.5) is 0 Å². The van der Waals surface area contributed by atoms with Gasteiger partial charge in [0.1, 0.15) is 5.75 Å². The van der Waals surface area contributed by atoms with E-state index in [1.165, 1.54) is 21.9 Å². The molecule has 2 aliphatic heterocycles. The van der Waals surface area contributed by atoms with Crippen LogP contribution in [0.25, 0.3) is 10.8 Å². The van der Waals surface area contributed by atoms with Gasteiger partial charge in [0.15, 0.2) is 0 Å². The molecule has 0 aliphatic carbocycles. The molecule has 3 nitrogen and oxygen atoms in total. The number of hydrazone groups is 1. The average molecular weight is 534 g/mol. The predicted molar refractivity (Wildman–Crippen MR) is 131 cm³/mol. The van der Waals surface area contributed by atoms with Crippen LogP contribution in [0.2, 0.25) is 0 Å². The molecule has 0 saturated heterocycles. The van der Waals surface area contributed by atoms with E-state index < -0.39 is 0 Å². The van der Waals surface area contributed by atoms with E-state index in [0.717, 1.165) is 32.4 Å². The van der Waals surface area contributed by atoms with Crippen molar-refractivity contribution < 1.29 is 4.74 Å². The minimum atomic E-state index is -0.260. The highest BCUT2D eigenvalue weighted by atomic mass is 79.9. The van der Waals surface area contributed by atoms with Crippen molar-refractivity contribution in [2.45, 2.75) is 18.7 Å². The third-order valence-corrected chi connectivity index (χ3v) is 7.01. The van der Waals surface area contributed by atoms with Gasteiger partial charge >= 0.3 is 0 Å². The van der Waals surface area contributed by atoms with E-state index in [1.54, 1.807) is 0 Å². The first-order valence-corrected chi connectivity index (χ1v) is 11.8. The molecule has 5 heteroatoms. The highest BCUT2D eigenvalue weighted by Crippen LogP contribution is 2.48. The molecule has 0 bridgehead atoms. The molecule has 0 saturated carbocycles. The van der Waals surface area contributed by atoms with Crippen molar-refractivity contribution in [3.63, 3.8) is 0 Å². The summed E-state index contributed by atoms with van der Waals surface area (Å²) >= 11 is 7.16. The monoisotopic (exact) mass is 532 g/mol. The van der Waals surface area contributed by atoms with E-state index in [2.05, 4.69) is 116 Å². The van der Waals surface area contributed by atoms with Crippen molar-refractivity contribution in [3.05, 3.63) is 111 Å². The molecule has 2 unspecified atom stereocenters. The molecule has 2 heterocycles. The zero-order valence-corrected chi connectivity index (χ0v) is 19.7. The Balaban J connectivity index is 1.45. The van der Waals surface area contributed by atoms with Crippen molar-refractivity contribution >= 4 is 48.3 Å². The number of rotatable bonds is 2. The molecule has 2 atom stereocenters. The highest BCUT2D eigenvalue weighted by molar-refractivity contribution is 9.10. The lowest BCUT2D eigenvalue weighted by Crippen LogP contribution is -2.33. The van der Waals surface area contributed by atoms with Gasteiger partial charge in [-0.15, -0.1) is 0 Å². The Morgan fingerprint density at radius 3 is 2.42 bits per heavy atom. The van der Waals surface area contributed by atoms with Crippen molar-refractivity contribution in [3.8, 4) is 5.75 Å². The van der Waals surface area contributed by atoms with Gasteiger partial charge in [0, 0.05) is 26.5 Å². The fraction of sp³-hybridized carbons (Fsp3) is 0.115. The second-order valence-electron chi connectivity index (χ2n) is 7.91. The quantitative estimate of drug-likeness (QED) is 0.265. The molecule has 0 aromatic heterocycles. The average Bonchev–Trinajstić information content (AvgIpc) is 3.25. The van der Waals surface area contributed by atoms with Gasteiger partial charge in [-0.3, -0.25) is 0 Å². The summed E-state index contributed by atoms with van der Waals surface area (Å²) in [6.07, 6.45) is 0.586. The Bertz CT molecular complexity index is 1330. The Morgan fingerprint density at radius 2 is 1.58 bits per heavy atom. The van der Waals surface area contributed by atoms with Crippen LogP contribution in [-0.4, -0.2) is 10.7 Å². The van der Waals surface area contributed by atoms with Crippen LogP contribution in [-0.2, 0) is 0 Å². The fourth-order valence-corrected chi connectivity index (χ4v) is 5.09. The number of fused-ring (bicyclic) bond motifs is 4. The zero-order valence-electron chi connectivity index (χ0n) is 16.5. The zero-order chi connectivity index (χ0) is 20.9. The summed E-state index contributed by atoms with van der Waals surface area (Å²) in [7, 11) is 0. The van der Waals surface area contributed by atoms with E-state index in [0.29, 0.717) is 0 Å². The number of ether oxygens (including phenoxy) is 1. The van der Waals surface area contributed by atoms with Crippen LogP contribution < -0.4 is 4.74 Å². The van der Waals surface area contributed by atoms with Crippen LogP contribution in [0.5, 0.6) is 5.75 Å². The van der Waals surface area contributed by atoms with Crippen LogP contribution in [0.1, 0.15) is 35.4 Å². The van der Waals surface area contributed by atoms with Crippen molar-refractivity contribution in [1.82, 2.24) is 5.01 Å². The van der Waals surface area contributed by atoms with Gasteiger partial charge in [0.25, 0.3) is 0 Å². The van der Waals surface area contributed by atoms with Crippen LogP contribution in [0, 0.1) is 0 Å². The van der Waals surface area contributed by atoms with Gasteiger partial charge in [-0.1, -0.05) is 80.4 Å². The first-order chi connectivity index (χ1) is 15.2. The van der Waals surface area contributed by atoms with E-state index >= 15 is 0 Å². The van der Waals surface area contributed by atoms with Crippen molar-refractivity contribution in [2.24, 2.45) is 5.10 Å². The van der Waals surface area contributed by atoms with Gasteiger partial charge < -0.3 is 4.74 Å². The van der Waals surface area contributed by atoms with Gasteiger partial charge in [-0.25, -0.2) is 5.01 Å². The molecule has 0 N–H and O–H groups in total. The number of benzene rings is 4. The molecule has 0 fully saturated rings. The molecule has 4 aromatic rings. The maximum absolute atomic E-state index is 6.46. The third kappa shape index (κ3) is 3.36. The minimum absolute atomic E-state index is 0.136. The van der Waals surface area contributed by atoms with Gasteiger partial charge in [-0.05, 0) is 52.7 Å². The lowest BCUT2D eigenvalue weighted by molar-refractivity contribution is -0.0190. The molecule has 2 aliphatic rings. The van der Waals surface area contributed by atoms with E-state index in [-0.39, 0.29) is 12.3 Å². The third-order valence-electron chi connectivity index (χ3n) is 5.99. The summed E-state index contributed by atoms with van der Waals surface area (Å²) in [6.45, 7) is 0. The number of hydrogen-bond acceptors (Lipinski definition) is 3. The first-order valence-electron chi connectivity index (χ1n) is 10.2. The molecule has 0 spiro atoms. The smallest absolute Gasteiger partial charge is 0.213 e. The van der Waals surface area contributed by atoms with Gasteiger partial charge in [-0.2, -0.15) is 5.10 Å². The summed E-state index contributed by atoms with van der Waals surface area (Å²) in [5.41, 5.74) is 4.51. The summed E-state index contributed by atoms with van der Waals surface area (Å²) in [5, 5.41) is 9.70. The van der Waals surface area contributed by atoms with E-state index in [4.69, 9.17) is 9.84 Å². The van der Waals surface area contributed by atoms with Gasteiger partial charge in [0.05, 0.1) is 11.8 Å². The van der Waals surface area contributed by atoms with Crippen LogP contribution in [0.3, 0.4) is 0 Å². The van der Waals surface area contributed by atoms with E-state index in [1.807, 2.05) is 6.07 Å². The largest absolute Gasteiger partial charge is 0.464 e. The molecular formula is C26H18Br2N2O. The number of halogens is 2. The minimum Gasteiger partial charge on any atom is -0.464 e. The molecule has 152 valence electrons. The van der Waals surface area contributed by atoms with E-state index in [9.17, 15) is 0 Å². The standard InChI is InChI=1S/C26H18Br2N2O/c27-20-9-7-17(8-10-20)26-30-24(22-14-21(28)11-12-25(22)31-26)15-23(29-30)19-6-5-16-3-1-2-4-18(16)13-19/h1-14,24,26H,15H2. The molecule has 4 aromatic carbocycles. The lowest BCUT2D eigenvalue weighted by Gasteiger charge is -2.38. The Hall–Kier alpha value is -2.63. The van der Waals surface area contributed by atoms with Crippen LogP contribution >= 0.6 is 31.9 Å². The summed E-state index contributed by atoms with van der Waals surface area (Å²) < 4.78 is 8.57. The van der Waals surface area contributed by atoms with Gasteiger partial charge in [0.2, 0.25) is 6.23 Å². The predicted octanol–water partition coefficient (Wildman–Crippen LogP) is 7.61. The normalized spacial score (nSPS) is 19.5. The molecule has 0 amide bonds. The Morgan fingerprint density at radius 1 is 0.806 bits per heavy atom. The maximum Gasteiger partial charge on any atom is 0.213 e. The number of hydrogen-bond donors (Lipinski definition) is 0. The molecule has 6 rings (SSSR count). The highest BCUT2D eigenvalue weighted by Gasteiger charge is 2.41. The summed E-state index contributed by atoms with van der Waals surface area (Å²) in [5.74, 6) is 0.923.